The van der Waals surface area contributed by atoms with E-state index >= 15 is 0 Å². The van der Waals surface area contributed by atoms with Gasteiger partial charge in [0.2, 0.25) is 0 Å². The molecule has 250 valence electrons. The van der Waals surface area contributed by atoms with Crippen molar-refractivity contribution in [2.24, 2.45) is 0 Å². The number of alkyl halides is 27. The molecule has 41 heavy (non-hydrogen) atoms. The molecule has 0 aliphatic carbocycles. The molecule has 0 atom stereocenters. The van der Waals surface area contributed by atoms with Gasteiger partial charge in [0.1, 0.15) is 0 Å². The third-order valence-corrected chi connectivity index (χ3v) is 4.23. The Morgan fingerprint density at radius 1 is 0.220 bits per heavy atom. The van der Waals surface area contributed by atoms with Crippen LogP contribution in [0.5, 0.6) is 0 Å². The number of hydrogen-bond acceptors (Lipinski definition) is 1. The van der Waals surface area contributed by atoms with Crippen molar-refractivity contribution in [2.75, 3.05) is 0 Å². The highest BCUT2D eigenvalue weighted by molar-refractivity contribution is 5.12. The number of halogens is 27. The molecule has 0 spiro atoms. The Balaban J connectivity index is 0. The summed E-state index contributed by atoms with van der Waals surface area (Å²) >= 11 is 0. The van der Waals surface area contributed by atoms with Gasteiger partial charge in [0.25, 0.3) is 0 Å². The summed E-state index contributed by atoms with van der Waals surface area (Å²) < 4.78 is 349. The van der Waals surface area contributed by atoms with E-state index in [0.29, 0.717) is 0 Å². The zero-order valence-electron chi connectivity index (χ0n) is 17.2. The molecular weight excluding hydrogens is 687 g/mol. The topological polar surface area (TPSA) is 34.7 Å². The fourth-order valence-electron chi connectivity index (χ4n) is 2.05. The van der Waals surface area contributed by atoms with E-state index in [9.17, 15) is 119 Å². The molecule has 0 saturated heterocycles. The molecule has 0 aliphatic rings. The molecule has 2 N–H and O–H groups in total. The highest BCUT2D eigenvalue weighted by atomic mass is 19.5. The largest absolute Gasteiger partial charge is 0.460 e. The Morgan fingerprint density at radius 3 is 0.439 bits per heavy atom. The minimum atomic E-state index is -9.81. The zero-order chi connectivity index (χ0) is 33.6. The van der Waals surface area contributed by atoms with Gasteiger partial charge >= 0.3 is 72.2 Å². The molecule has 0 aromatic heterocycles. The summed E-state index contributed by atoms with van der Waals surface area (Å²) in [6, 6.07) is -29.4. The summed E-state index contributed by atoms with van der Waals surface area (Å²) in [5.74, 6) is -55.4. The monoisotopic (exact) mass is 689 g/mol. The summed E-state index contributed by atoms with van der Waals surface area (Å²) in [5.41, 5.74) is 0. The quantitative estimate of drug-likeness (QED) is 0.180. The van der Waals surface area contributed by atoms with E-state index in [0.717, 1.165) is 0 Å². The highest BCUT2D eigenvalue weighted by Crippen LogP contribution is 2.65. The molecule has 0 rings (SSSR count). The van der Waals surface area contributed by atoms with Gasteiger partial charge in [-0.05, 0) is 0 Å². The van der Waals surface area contributed by atoms with Crippen LogP contribution in [-0.4, -0.2) is 82.6 Å². The van der Waals surface area contributed by atoms with Crippen molar-refractivity contribution in [1.29, 1.82) is 0 Å². The molecule has 0 saturated carbocycles. The predicted octanol–water partition coefficient (Wildman–Crippen LogP) is 7.74. The van der Waals surface area contributed by atoms with Gasteiger partial charge in [-0.2, -0.15) is 119 Å². The van der Waals surface area contributed by atoms with Crippen LogP contribution in [0.4, 0.5) is 119 Å². The van der Waals surface area contributed by atoms with Crippen LogP contribution in [0.15, 0.2) is 0 Å². The van der Waals surface area contributed by atoms with E-state index in [1.807, 2.05) is 0 Å². The van der Waals surface area contributed by atoms with Gasteiger partial charge in [-0.15, -0.1) is 4.90 Å². The van der Waals surface area contributed by atoms with E-state index < -0.39 is 77.1 Å². The Labute approximate surface area is 202 Å². The molecule has 0 fully saturated rings. The summed E-state index contributed by atoms with van der Waals surface area (Å²) in [5, 5.41) is 0. The second kappa shape index (κ2) is 9.78. The molecule has 29 heteroatoms. The van der Waals surface area contributed by atoms with Gasteiger partial charge in [-0.25, -0.2) is 0 Å². The zero-order valence-corrected chi connectivity index (χ0v) is 17.2. The molecule has 0 amide bonds. The molecule has 2 nitrogen and oxygen atoms in total. The first-order valence-electron chi connectivity index (χ1n) is 8.02. The van der Waals surface area contributed by atoms with Gasteiger partial charge in [-0.1, -0.05) is 0 Å². The highest BCUT2D eigenvalue weighted by Gasteiger charge is 2.96. The van der Waals surface area contributed by atoms with Crippen molar-refractivity contribution in [1.82, 2.24) is 4.90 Å². The van der Waals surface area contributed by atoms with Crippen molar-refractivity contribution in [3.8, 4) is 0 Å². The average Bonchev–Trinajstić information content (AvgIpc) is 2.63. The van der Waals surface area contributed by atoms with E-state index in [4.69, 9.17) is 0 Å². The standard InChI is InChI=1S/C12F27N.H2O/c13-1(14,7(25,26)27)4(19,20)10(34,35)40(11(36,37)5(21,22)2(15,16)8(28,29)30)12(38,39)6(23,24)3(17,18)9(31,32)33;/h;1H2. The van der Waals surface area contributed by atoms with Gasteiger partial charge in [-0.3, -0.25) is 0 Å². The third kappa shape index (κ3) is 5.24. The third-order valence-electron chi connectivity index (χ3n) is 4.23. The van der Waals surface area contributed by atoms with Crippen LogP contribution in [0, 0.1) is 0 Å². The Morgan fingerprint density at radius 2 is 0.341 bits per heavy atom. The Kier molecular flexibility index (Phi) is 9.82. The number of rotatable bonds is 9. The summed E-state index contributed by atoms with van der Waals surface area (Å²) in [6.45, 7) is 0. The Bertz CT molecular complexity index is 799. The van der Waals surface area contributed by atoms with Crippen molar-refractivity contribution in [3.63, 3.8) is 0 Å². The van der Waals surface area contributed by atoms with Crippen molar-refractivity contribution in [3.05, 3.63) is 0 Å². The first-order chi connectivity index (χ1) is 16.6. The molecule has 0 aromatic carbocycles. The maximum atomic E-state index is 13.8. The lowest BCUT2D eigenvalue weighted by molar-refractivity contribution is -0.528. The second-order valence-corrected chi connectivity index (χ2v) is 6.90. The van der Waals surface area contributed by atoms with E-state index in [1.165, 1.54) is 0 Å². The fraction of sp³-hybridized carbons (Fsp3) is 1.00. The minimum absolute atomic E-state index is 0. The minimum Gasteiger partial charge on any atom is -0.412 e. The lowest BCUT2D eigenvalue weighted by atomic mass is 10.00. The first kappa shape index (κ1) is 41.2. The second-order valence-electron chi connectivity index (χ2n) is 6.90. The molecule has 0 bridgehead atoms. The molecule has 0 aliphatic heterocycles. The number of nitrogens with zero attached hydrogens (tertiary/aromatic N) is 1. The van der Waals surface area contributed by atoms with Gasteiger partial charge < -0.3 is 5.48 Å². The van der Waals surface area contributed by atoms with Crippen molar-refractivity contribution < 1.29 is 124 Å². The van der Waals surface area contributed by atoms with Crippen molar-refractivity contribution >= 4 is 0 Å². The molecule has 0 radical (unpaired) electrons. The first-order valence-corrected chi connectivity index (χ1v) is 8.02. The van der Waals surface area contributed by atoms with Crippen LogP contribution < -0.4 is 0 Å². The van der Waals surface area contributed by atoms with E-state index in [1.54, 1.807) is 0 Å². The van der Waals surface area contributed by atoms with Crippen LogP contribution in [0.25, 0.3) is 0 Å². The summed E-state index contributed by atoms with van der Waals surface area (Å²) in [7, 11) is 0. The average molecular weight is 689 g/mol. The SMILES string of the molecule is FC(F)(F)C(F)(F)C(F)(F)C(F)(F)N(C(F)(F)C(F)(F)C(F)(F)C(F)(F)F)C(F)(F)C(F)(F)C(F)(F)C(F)(F)F.O. The van der Waals surface area contributed by atoms with Gasteiger partial charge in [0, 0.05) is 0 Å². The fourth-order valence-corrected chi connectivity index (χ4v) is 2.05. The normalized spacial score (nSPS) is 16.7. The number of hydrogen-bond donors (Lipinski definition) is 0. The van der Waals surface area contributed by atoms with Crippen LogP contribution in [0.3, 0.4) is 0 Å². The Hall–Kier alpha value is -1.97. The van der Waals surface area contributed by atoms with E-state index in [2.05, 4.69) is 0 Å². The molecule has 0 aromatic rings. The summed E-state index contributed by atoms with van der Waals surface area (Å²) in [6.07, 6.45) is -25.3. The molecule has 0 unspecified atom stereocenters. The van der Waals surface area contributed by atoms with E-state index in [-0.39, 0.29) is 5.48 Å². The maximum Gasteiger partial charge on any atom is 0.460 e. The van der Waals surface area contributed by atoms with Crippen molar-refractivity contribution in [2.45, 2.75) is 72.2 Å². The predicted molar refractivity (Wildman–Crippen MR) is 68.1 cm³/mol. The summed E-state index contributed by atoms with van der Waals surface area (Å²) in [4.78, 5) is -6.15. The molecular formula is C12H2F27NO. The van der Waals surface area contributed by atoms with Crippen LogP contribution in [0.1, 0.15) is 0 Å². The smallest absolute Gasteiger partial charge is 0.412 e. The molecule has 0 heterocycles. The lowest BCUT2D eigenvalue weighted by Crippen LogP contribution is -2.81. The lowest BCUT2D eigenvalue weighted by Gasteiger charge is -2.49. The van der Waals surface area contributed by atoms with Gasteiger partial charge in [0.05, 0.1) is 0 Å². The van der Waals surface area contributed by atoms with Crippen LogP contribution in [0.2, 0.25) is 0 Å². The van der Waals surface area contributed by atoms with Crippen LogP contribution in [-0.2, 0) is 0 Å². The van der Waals surface area contributed by atoms with Crippen LogP contribution >= 0.6 is 0 Å². The van der Waals surface area contributed by atoms with Gasteiger partial charge in [0.15, 0.2) is 0 Å². The maximum absolute atomic E-state index is 13.8.